The lowest BCUT2D eigenvalue weighted by Gasteiger charge is -2.38. The maximum atomic E-state index is 9.89. The average Bonchev–Trinajstić information content (AvgIpc) is 2.38. The first-order valence-electron chi connectivity index (χ1n) is 4.99. The summed E-state index contributed by atoms with van der Waals surface area (Å²) >= 11 is 0. The summed E-state index contributed by atoms with van der Waals surface area (Å²) in [6.07, 6.45) is 0.0734. The van der Waals surface area contributed by atoms with Crippen LogP contribution >= 0.6 is 0 Å². The Labute approximate surface area is 79.0 Å². The number of hydrogen-bond acceptors (Lipinski definition) is 3. The molecule has 1 unspecified atom stereocenters. The molecule has 0 spiro atoms. The van der Waals surface area contributed by atoms with Gasteiger partial charge in [-0.05, 0) is 25.2 Å². The third-order valence-electron chi connectivity index (χ3n) is 3.19. The number of ether oxygens (including phenoxy) is 2. The van der Waals surface area contributed by atoms with Crippen LogP contribution in [0, 0.1) is 11.8 Å². The van der Waals surface area contributed by atoms with Gasteiger partial charge in [0.2, 0.25) is 0 Å². The van der Waals surface area contributed by atoms with Crippen LogP contribution in [0.25, 0.3) is 0 Å². The van der Waals surface area contributed by atoms with Gasteiger partial charge in [-0.2, -0.15) is 0 Å². The maximum Gasteiger partial charge on any atom is 0.184 e. The molecule has 0 radical (unpaired) electrons. The third-order valence-corrected chi connectivity index (χ3v) is 3.19. The van der Waals surface area contributed by atoms with Crippen molar-refractivity contribution in [2.24, 2.45) is 11.8 Å². The number of fused-ring (bicyclic) bond motifs is 2. The van der Waals surface area contributed by atoms with E-state index in [1.807, 2.05) is 0 Å². The highest BCUT2D eigenvalue weighted by Gasteiger charge is 2.50. The van der Waals surface area contributed by atoms with Gasteiger partial charge >= 0.3 is 0 Å². The Morgan fingerprint density at radius 1 is 1.46 bits per heavy atom. The molecule has 76 valence electrons. The first-order valence-corrected chi connectivity index (χ1v) is 4.99. The van der Waals surface area contributed by atoms with E-state index in [1.165, 1.54) is 0 Å². The van der Waals surface area contributed by atoms with Gasteiger partial charge in [0.15, 0.2) is 6.29 Å². The van der Waals surface area contributed by atoms with Crippen LogP contribution in [0.1, 0.15) is 27.2 Å². The lowest BCUT2D eigenvalue weighted by Crippen LogP contribution is -2.47. The Hall–Kier alpha value is -0.120. The Morgan fingerprint density at radius 2 is 2.15 bits per heavy atom. The number of aliphatic hydroxyl groups excluding tert-OH is 1. The van der Waals surface area contributed by atoms with Crippen LogP contribution in [0.3, 0.4) is 0 Å². The van der Waals surface area contributed by atoms with E-state index in [1.54, 1.807) is 0 Å². The molecule has 2 fully saturated rings. The maximum absolute atomic E-state index is 9.89. The van der Waals surface area contributed by atoms with Crippen molar-refractivity contribution in [1.82, 2.24) is 0 Å². The Morgan fingerprint density at radius 3 is 2.77 bits per heavy atom. The van der Waals surface area contributed by atoms with Gasteiger partial charge in [-0.1, -0.05) is 13.8 Å². The summed E-state index contributed by atoms with van der Waals surface area (Å²) in [5.74, 6) is 0.800. The molecule has 2 aliphatic rings. The molecule has 0 aromatic heterocycles. The Balaban J connectivity index is 2.15. The van der Waals surface area contributed by atoms with Gasteiger partial charge in [-0.3, -0.25) is 0 Å². The molecule has 4 atom stereocenters. The monoisotopic (exact) mass is 186 g/mol. The minimum absolute atomic E-state index is 0.154. The molecule has 0 aromatic carbocycles. The van der Waals surface area contributed by atoms with E-state index in [0.29, 0.717) is 18.4 Å². The molecule has 3 heteroatoms. The van der Waals surface area contributed by atoms with Crippen molar-refractivity contribution in [3.05, 3.63) is 0 Å². The van der Waals surface area contributed by atoms with Crippen LogP contribution in [0.2, 0.25) is 0 Å². The number of aliphatic hydroxyl groups is 1. The van der Waals surface area contributed by atoms with E-state index in [9.17, 15) is 5.11 Å². The van der Waals surface area contributed by atoms with Gasteiger partial charge in [0.1, 0.15) is 6.10 Å². The normalized spacial score (nSPS) is 50.1. The predicted octanol–water partition coefficient (Wildman–Crippen LogP) is 1.15. The fraction of sp³-hybridized carbons (Fsp3) is 1.00. The molecule has 0 aromatic rings. The first-order chi connectivity index (χ1) is 6.02. The topological polar surface area (TPSA) is 38.7 Å². The molecule has 2 rings (SSSR count). The molecule has 13 heavy (non-hydrogen) atoms. The minimum atomic E-state index is -0.449. The van der Waals surface area contributed by atoms with Crippen molar-refractivity contribution in [1.29, 1.82) is 0 Å². The lowest BCUT2D eigenvalue weighted by molar-refractivity contribution is -0.203. The van der Waals surface area contributed by atoms with Crippen LogP contribution in [-0.2, 0) is 9.47 Å². The van der Waals surface area contributed by atoms with Crippen molar-refractivity contribution >= 4 is 0 Å². The molecular weight excluding hydrogens is 168 g/mol. The highest BCUT2D eigenvalue weighted by atomic mass is 16.7. The quantitative estimate of drug-likeness (QED) is 0.667. The van der Waals surface area contributed by atoms with Gasteiger partial charge in [-0.25, -0.2) is 0 Å². The van der Waals surface area contributed by atoms with Crippen molar-refractivity contribution in [2.75, 3.05) is 6.61 Å². The van der Waals surface area contributed by atoms with E-state index in [0.717, 1.165) is 6.42 Å². The molecule has 2 bridgehead atoms. The van der Waals surface area contributed by atoms with Crippen LogP contribution < -0.4 is 0 Å². The van der Waals surface area contributed by atoms with Crippen LogP contribution in [0.5, 0.6) is 0 Å². The zero-order chi connectivity index (χ0) is 9.64. The Kier molecular flexibility index (Phi) is 2.13. The van der Waals surface area contributed by atoms with Gasteiger partial charge in [-0.15, -0.1) is 0 Å². The Bertz CT molecular complexity index is 204. The van der Waals surface area contributed by atoms with Gasteiger partial charge < -0.3 is 14.6 Å². The molecular formula is C10H18O3. The number of hydrogen-bond donors (Lipinski definition) is 1. The summed E-state index contributed by atoms with van der Waals surface area (Å²) in [6, 6.07) is 0. The average molecular weight is 186 g/mol. The zero-order valence-corrected chi connectivity index (χ0v) is 8.49. The third kappa shape index (κ3) is 1.49. The van der Waals surface area contributed by atoms with Gasteiger partial charge in [0, 0.05) is 0 Å². The predicted molar refractivity (Wildman–Crippen MR) is 48.2 cm³/mol. The number of rotatable bonds is 1. The summed E-state index contributed by atoms with van der Waals surface area (Å²) in [5, 5.41) is 9.89. The van der Waals surface area contributed by atoms with Crippen LogP contribution in [-0.4, -0.2) is 29.7 Å². The van der Waals surface area contributed by atoms with E-state index in [-0.39, 0.29) is 11.9 Å². The summed E-state index contributed by atoms with van der Waals surface area (Å²) in [5.41, 5.74) is -0.154. The molecule has 2 heterocycles. The SMILES string of the molecule is CC(C)[C@@H]1CC2(C)CO[C@H](O2)[C@H]1O. The fourth-order valence-electron chi connectivity index (χ4n) is 2.33. The van der Waals surface area contributed by atoms with E-state index in [4.69, 9.17) is 9.47 Å². The van der Waals surface area contributed by atoms with E-state index >= 15 is 0 Å². The largest absolute Gasteiger partial charge is 0.388 e. The smallest absolute Gasteiger partial charge is 0.184 e. The second kappa shape index (κ2) is 2.94. The second-order valence-corrected chi connectivity index (χ2v) is 4.85. The minimum Gasteiger partial charge on any atom is -0.388 e. The lowest BCUT2D eigenvalue weighted by atomic mass is 9.80. The molecule has 0 aliphatic carbocycles. The van der Waals surface area contributed by atoms with Crippen molar-refractivity contribution in [3.63, 3.8) is 0 Å². The molecule has 1 N–H and O–H groups in total. The van der Waals surface area contributed by atoms with Crippen LogP contribution in [0.4, 0.5) is 0 Å². The van der Waals surface area contributed by atoms with Crippen molar-refractivity contribution in [3.8, 4) is 0 Å². The van der Waals surface area contributed by atoms with Crippen LogP contribution in [0.15, 0.2) is 0 Å². The first kappa shape index (κ1) is 9.44. The van der Waals surface area contributed by atoms with Gasteiger partial charge in [0.05, 0.1) is 12.2 Å². The summed E-state index contributed by atoms with van der Waals surface area (Å²) in [6.45, 7) is 6.97. The van der Waals surface area contributed by atoms with E-state index in [2.05, 4.69) is 20.8 Å². The van der Waals surface area contributed by atoms with E-state index < -0.39 is 6.10 Å². The molecule has 0 amide bonds. The molecule has 2 saturated heterocycles. The molecule has 0 saturated carbocycles. The summed E-state index contributed by atoms with van der Waals surface area (Å²) < 4.78 is 11.0. The van der Waals surface area contributed by atoms with Gasteiger partial charge in [0.25, 0.3) is 0 Å². The van der Waals surface area contributed by atoms with Crippen molar-refractivity contribution < 1.29 is 14.6 Å². The zero-order valence-electron chi connectivity index (χ0n) is 8.49. The highest BCUT2D eigenvalue weighted by molar-refractivity contribution is 4.94. The summed E-state index contributed by atoms with van der Waals surface area (Å²) in [7, 11) is 0. The summed E-state index contributed by atoms with van der Waals surface area (Å²) in [4.78, 5) is 0. The second-order valence-electron chi connectivity index (χ2n) is 4.85. The van der Waals surface area contributed by atoms with Crippen molar-refractivity contribution in [2.45, 2.75) is 45.2 Å². The molecule has 3 nitrogen and oxygen atoms in total. The highest BCUT2D eigenvalue weighted by Crippen LogP contribution is 2.41. The fourth-order valence-corrected chi connectivity index (χ4v) is 2.33. The standard InChI is InChI=1S/C10H18O3/c1-6(2)7-4-10(3)5-12-9(13-10)8(7)11/h6-9,11H,4-5H2,1-3H3/t7-,8-,9+,10?/m0/s1. The molecule has 2 aliphatic heterocycles.